The molecule has 1 amide bonds. The Morgan fingerprint density at radius 3 is 2.26 bits per heavy atom. The highest BCUT2D eigenvalue weighted by Crippen LogP contribution is 2.22. The third-order valence-corrected chi connectivity index (χ3v) is 6.08. The van der Waals surface area contributed by atoms with Crippen molar-refractivity contribution in [3.05, 3.63) is 101 Å². The molecule has 4 rings (SSSR count). The lowest BCUT2D eigenvalue weighted by molar-refractivity contribution is -0.142. The number of carbonyl (C=O) groups is 2. The summed E-state index contributed by atoms with van der Waals surface area (Å²) in [5.41, 5.74) is 3.53. The van der Waals surface area contributed by atoms with Gasteiger partial charge in [-0.05, 0) is 62.7 Å². The molecule has 0 radical (unpaired) electrons. The maximum absolute atomic E-state index is 12.8. The van der Waals surface area contributed by atoms with Gasteiger partial charge in [0, 0.05) is 18.5 Å². The van der Waals surface area contributed by atoms with Crippen molar-refractivity contribution in [2.45, 2.75) is 39.8 Å². The first-order valence-corrected chi connectivity index (χ1v) is 12.3. The SMILES string of the molecule is Cc1ccc(OC(=O)N(Cc2ccc(OCCc3nc(-c4ccccc4)oc3C)cc2)C(C)C(=O)O)cc1. The van der Waals surface area contributed by atoms with Gasteiger partial charge in [-0.1, -0.05) is 48.0 Å². The van der Waals surface area contributed by atoms with Crippen molar-refractivity contribution in [3.63, 3.8) is 0 Å². The Bertz CT molecular complexity index is 1360. The topological polar surface area (TPSA) is 102 Å². The summed E-state index contributed by atoms with van der Waals surface area (Å²) in [6, 6.07) is 22.8. The standard InChI is InChI=1S/C30H30N2O6/c1-20-9-13-26(14-10-20)38-30(35)32(21(2)29(33)34)19-23-11-15-25(16-12-23)36-18-17-27-22(3)37-28(31-27)24-7-5-4-6-8-24/h4-16,21H,17-19H2,1-3H3,(H,33,34). The van der Waals surface area contributed by atoms with Crippen LogP contribution in [0.1, 0.15) is 29.5 Å². The minimum Gasteiger partial charge on any atom is -0.493 e. The van der Waals surface area contributed by atoms with Crippen molar-refractivity contribution >= 4 is 12.1 Å². The normalized spacial score (nSPS) is 11.6. The quantitative estimate of drug-likeness (QED) is 0.275. The summed E-state index contributed by atoms with van der Waals surface area (Å²) in [6.45, 7) is 5.74. The molecule has 0 bridgehead atoms. The summed E-state index contributed by atoms with van der Waals surface area (Å²) >= 11 is 0. The molecule has 1 heterocycles. The van der Waals surface area contributed by atoms with Gasteiger partial charge in [0.25, 0.3) is 0 Å². The number of rotatable bonds is 10. The molecule has 1 aromatic heterocycles. The highest BCUT2D eigenvalue weighted by Gasteiger charge is 2.27. The summed E-state index contributed by atoms with van der Waals surface area (Å²) in [7, 11) is 0. The molecule has 0 aliphatic rings. The summed E-state index contributed by atoms with van der Waals surface area (Å²) in [5.74, 6) is 1.23. The molecule has 1 N–H and O–H groups in total. The Morgan fingerprint density at radius 2 is 1.61 bits per heavy atom. The minimum atomic E-state index is -1.12. The number of carboxylic acid groups (broad SMARTS) is 1. The van der Waals surface area contributed by atoms with Crippen LogP contribution in [-0.2, 0) is 17.8 Å². The van der Waals surface area contributed by atoms with Crippen LogP contribution < -0.4 is 9.47 Å². The molecule has 0 aliphatic heterocycles. The Hall–Kier alpha value is -4.59. The predicted molar refractivity (Wildman–Crippen MR) is 142 cm³/mol. The molecular weight excluding hydrogens is 484 g/mol. The van der Waals surface area contributed by atoms with Crippen LogP contribution >= 0.6 is 0 Å². The molecule has 1 unspecified atom stereocenters. The van der Waals surface area contributed by atoms with E-state index < -0.39 is 18.1 Å². The number of amides is 1. The van der Waals surface area contributed by atoms with Gasteiger partial charge in [-0.15, -0.1) is 0 Å². The fraction of sp³-hybridized carbons (Fsp3) is 0.233. The first-order valence-electron chi connectivity index (χ1n) is 12.3. The van der Waals surface area contributed by atoms with Gasteiger partial charge in [0.15, 0.2) is 0 Å². The number of carbonyl (C=O) groups excluding carboxylic acids is 1. The number of hydrogen-bond acceptors (Lipinski definition) is 6. The second-order valence-corrected chi connectivity index (χ2v) is 8.95. The molecule has 4 aromatic rings. The third-order valence-electron chi connectivity index (χ3n) is 6.08. The number of aromatic nitrogens is 1. The van der Waals surface area contributed by atoms with E-state index in [1.807, 2.05) is 56.3 Å². The first kappa shape index (κ1) is 26.5. The molecule has 38 heavy (non-hydrogen) atoms. The number of carboxylic acids is 1. The van der Waals surface area contributed by atoms with E-state index in [0.29, 0.717) is 30.4 Å². The molecule has 0 aliphatic carbocycles. The molecular formula is C30H30N2O6. The monoisotopic (exact) mass is 514 g/mol. The number of aryl methyl sites for hydroxylation is 2. The second kappa shape index (κ2) is 12.1. The van der Waals surface area contributed by atoms with Gasteiger partial charge in [0.2, 0.25) is 5.89 Å². The van der Waals surface area contributed by atoms with E-state index in [1.165, 1.54) is 11.8 Å². The number of nitrogens with zero attached hydrogens (tertiary/aromatic N) is 2. The van der Waals surface area contributed by atoms with Gasteiger partial charge >= 0.3 is 12.1 Å². The van der Waals surface area contributed by atoms with E-state index in [4.69, 9.17) is 13.9 Å². The zero-order chi connectivity index (χ0) is 27.1. The van der Waals surface area contributed by atoms with Crippen molar-refractivity contribution < 1.29 is 28.6 Å². The van der Waals surface area contributed by atoms with Crippen molar-refractivity contribution in [3.8, 4) is 23.0 Å². The van der Waals surface area contributed by atoms with E-state index in [9.17, 15) is 14.7 Å². The number of hydrogen-bond donors (Lipinski definition) is 1. The van der Waals surface area contributed by atoms with Gasteiger partial charge in [-0.2, -0.15) is 0 Å². The average molecular weight is 515 g/mol. The summed E-state index contributed by atoms with van der Waals surface area (Å²) in [5, 5.41) is 9.52. The number of oxazole rings is 1. The highest BCUT2D eigenvalue weighted by atomic mass is 16.6. The molecule has 196 valence electrons. The van der Waals surface area contributed by atoms with Crippen molar-refractivity contribution in [1.82, 2.24) is 9.88 Å². The number of aliphatic carboxylic acids is 1. The van der Waals surface area contributed by atoms with E-state index in [2.05, 4.69) is 4.98 Å². The molecule has 3 aromatic carbocycles. The number of benzene rings is 3. The fourth-order valence-corrected chi connectivity index (χ4v) is 3.78. The first-order chi connectivity index (χ1) is 18.3. The van der Waals surface area contributed by atoms with Crippen LogP contribution in [0.5, 0.6) is 11.5 Å². The van der Waals surface area contributed by atoms with Gasteiger partial charge in [0.1, 0.15) is 23.3 Å². The smallest absolute Gasteiger partial charge is 0.416 e. The molecule has 0 saturated heterocycles. The zero-order valence-corrected chi connectivity index (χ0v) is 21.6. The Labute approximate surface area is 221 Å². The fourth-order valence-electron chi connectivity index (χ4n) is 3.78. The van der Waals surface area contributed by atoms with Crippen LogP contribution in [0.3, 0.4) is 0 Å². The lowest BCUT2D eigenvalue weighted by atomic mass is 10.2. The van der Waals surface area contributed by atoms with Gasteiger partial charge in [-0.25, -0.2) is 14.6 Å². The van der Waals surface area contributed by atoms with Crippen LogP contribution in [0.4, 0.5) is 4.79 Å². The highest BCUT2D eigenvalue weighted by molar-refractivity contribution is 5.80. The maximum atomic E-state index is 12.8. The third kappa shape index (κ3) is 6.79. The van der Waals surface area contributed by atoms with Crippen molar-refractivity contribution in [2.75, 3.05) is 6.61 Å². The maximum Gasteiger partial charge on any atom is 0.416 e. The molecule has 8 heteroatoms. The lowest BCUT2D eigenvalue weighted by Crippen LogP contribution is -2.44. The molecule has 8 nitrogen and oxygen atoms in total. The van der Waals surface area contributed by atoms with E-state index in [-0.39, 0.29) is 6.54 Å². The summed E-state index contributed by atoms with van der Waals surface area (Å²) < 4.78 is 17.1. The van der Waals surface area contributed by atoms with E-state index >= 15 is 0 Å². The van der Waals surface area contributed by atoms with Crippen LogP contribution in [0.15, 0.2) is 83.3 Å². The van der Waals surface area contributed by atoms with Gasteiger partial charge in [0.05, 0.1) is 12.3 Å². The Kier molecular flexibility index (Phi) is 8.43. The van der Waals surface area contributed by atoms with Crippen molar-refractivity contribution in [1.29, 1.82) is 0 Å². The van der Waals surface area contributed by atoms with Gasteiger partial charge in [-0.3, -0.25) is 4.90 Å². The molecule has 0 spiro atoms. The lowest BCUT2D eigenvalue weighted by Gasteiger charge is -2.25. The van der Waals surface area contributed by atoms with E-state index in [1.54, 1.807) is 36.4 Å². The van der Waals surface area contributed by atoms with Gasteiger partial charge < -0.3 is 19.0 Å². The van der Waals surface area contributed by atoms with Crippen LogP contribution in [0, 0.1) is 13.8 Å². The summed E-state index contributed by atoms with van der Waals surface area (Å²) in [6.07, 6.45) is -0.152. The predicted octanol–water partition coefficient (Wildman–Crippen LogP) is 6.05. The Morgan fingerprint density at radius 1 is 0.947 bits per heavy atom. The molecule has 1 atom stereocenters. The van der Waals surface area contributed by atoms with Crippen LogP contribution in [0.25, 0.3) is 11.5 Å². The molecule has 0 fully saturated rings. The zero-order valence-electron chi connectivity index (χ0n) is 21.6. The average Bonchev–Trinajstić information content (AvgIpc) is 3.29. The van der Waals surface area contributed by atoms with Crippen LogP contribution in [-0.4, -0.2) is 39.7 Å². The number of ether oxygens (including phenoxy) is 2. The summed E-state index contributed by atoms with van der Waals surface area (Å²) in [4.78, 5) is 30.2. The molecule has 0 saturated carbocycles. The second-order valence-electron chi connectivity index (χ2n) is 8.95. The van der Waals surface area contributed by atoms with E-state index in [0.717, 1.165) is 28.1 Å². The van der Waals surface area contributed by atoms with Crippen molar-refractivity contribution in [2.24, 2.45) is 0 Å². The Balaban J connectivity index is 1.35. The minimum absolute atomic E-state index is 0.0683. The largest absolute Gasteiger partial charge is 0.493 e. The van der Waals surface area contributed by atoms with Crippen LogP contribution in [0.2, 0.25) is 0 Å².